The summed E-state index contributed by atoms with van der Waals surface area (Å²) in [6.07, 6.45) is 1.16. The number of hydrogen-bond acceptors (Lipinski definition) is 5. The van der Waals surface area contributed by atoms with Gasteiger partial charge in [-0.2, -0.15) is 5.26 Å². The van der Waals surface area contributed by atoms with Crippen molar-refractivity contribution >= 4 is 11.9 Å². The lowest BCUT2D eigenvalue weighted by molar-refractivity contribution is -0.182. The number of carboxylic acids is 1. The van der Waals surface area contributed by atoms with E-state index in [1.54, 1.807) is 24.3 Å². The Balaban J connectivity index is 0.000000631. The minimum absolute atomic E-state index is 0.0719. The second-order valence-electron chi connectivity index (χ2n) is 3.38. The molecule has 6 heteroatoms. The standard InChI is InChI=1S/C10H12O4.C2H4O2/c11-7-3-5-8-4-1-2-6-9(8)10(12)14-13;1-2(3)4/h1-2,4,6,11,13H,3,5,7H2;1H3,(H,3,4). The fourth-order valence-electron chi connectivity index (χ4n) is 1.26. The van der Waals surface area contributed by atoms with Gasteiger partial charge in [0.2, 0.25) is 0 Å². The van der Waals surface area contributed by atoms with Gasteiger partial charge in [-0.05, 0) is 24.5 Å². The lowest BCUT2D eigenvalue weighted by Gasteiger charge is -2.04. The maximum absolute atomic E-state index is 11.1. The van der Waals surface area contributed by atoms with Gasteiger partial charge >= 0.3 is 5.97 Å². The highest BCUT2D eigenvalue weighted by Crippen LogP contribution is 2.11. The van der Waals surface area contributed by atoms with Gasteiger partial charge in [-0.25, -0.2) is 4.79 Å². The van der Waals surface area contributed by atoms with E-state index < -0.39 is 11.9 Å². The summed E-state index contributed by atoms with van der Waals surface area (Å²) in [5.74, 6) is -1.60. The van der Waals surface area contributed by atoms with Gasteiger partial charge in [0.1, 0.15) is 0 Å². The van der Waals surface area contributed by atoms with Crippen LogP contribution in [0.5, 0.6) is 0 Å². The molecule has 6 nitrogen and oxygen atoms in total. The zero-order chi connectivity index (χ0) is 14.0. The molecule has 1 aromatic carbocycles. The molecule has 0 radical (unpaired) electrons. The summed E-state index contributed by atoms with van der Waals surface area (Å²) in [5.41, 5.74) is 1.10. The van der Waals surface area contributed by atoms with Gasteiger partial charge < -0.3 is 10.2 Å². The Kier molecular flexibility index (Phi) is 8.17. The van der Waals surface area contributed by atoms with Crippen LogP contribution in [0.15, 0.2) is 24.3 Å². The van der Waals surface area contributed by atoms with Crippen molar-refractivity contribution in [1.29, 1.82) is 0 Å². The highest BCUT2D eigenvalue weighted by Gasteiger charge is 2.11. The first-order valence-electron chi connectivity index (χ1n) is 5.27. The first-order chi connectivity index (χ1) is 8.52. The van der Waals surface area contributed by atoms with Crippen LogP contribution in [0.4, 0.5) is 0 Å². The molecule has 0 amide bonds. The van der Waals surface area contributed by atoms with E-state index in [1.165, 1.54) is 0 Å². The molecule has 1 rings (SSSR count). The summed E-state index contributed by atoms with van der Waals surface area (Å²) in [6, 6.07) is 6.82. The molecule has 100 valence electrons. The quantitative estimate of drug-likeness (QED) is 0.554. The Bertz CT molecular complexity index is 384. The van der Waals surface area contributed by atoms with Gasteiger partial charge in [0.05, 0.1) is 5.56 Å². The minimum atomic E-state index is -0.833. The predicted molar refractivity (Wildman–Crippen MR) is 63.2 cm³/mol. The van der Waals surface area contributed by atoms with Gasteiger partial charge in [0.15, 0.2) is 0 Å². The SMILES string of the molecule is CC(=O)O.O=C(OO)c1ccccc1CCCO. The van der Waals surface area contributed by atoms with Gasteiger partial charge in [-0.3, -0.25) is 9.68 Å². The molecular weight excluding hydrogens is 240 g/mol. The van der Waals surface area contributed by atoms with Crippen LogP contribution in [0.2, 0.25) is 0 Å². The highest BCUT2D eigenvalue weighted by molar-refractivity contribution is 5.90. The highest BCUT2D eigenvalue weighted by atomic mass is 17.1. The Hall–Kier alpha value is -1.92. The van der Waals surface area contributed by atoms with Gasteiger partial charge in [-0.1, -0.05) is 18.2 Å². The molecule has 0 aliphatic heterocycles. The van der Waals surface area contributed by atoms with Crippen LogP contribution < -0.4 is 0 Å². The van der Waals surface area contributed by atoms with Crippen molar-refractivity contribution in [2.75, 3.05) is 6.61 Å². The molecule has 0 spiro atoms. The smallest absolute Gasteiger partial charge is 0.373 e. The fourth-order valence-corrected chi connectivity index (χ4v) is 1.26. The van der Waals surface area contributed by atoms with Crippen LogP contribution in [0.3, 0.4) is 0 Å². The number of benzene rings is 1. The maximum Gasteiger partial charge on any atom is 0.373 e. The number of aliphatic hydroxyl groups is 1. The molecule has 0 atom stereocenters. The second kappa shape index (κ2) is 9.15. The van der Waals surface area contributed by atoms with Crippen molar-refractivity contribution in [2.45, 2.75) is 19.8 Å². The number of carbonyl (C=O) groups excluding carboxylic acids is 1. The molecule has 0 saturated heterocycles. The third-order valence-electron chi connectivity index (χ3n) is 1.92. The van der Waals surface area contributed by atoms with Crippen molar-refractivity contribution in [3.63, 3.8) is 0 Å². The Morgan fingerprint density at radius 2 is 1.83 bits per heavy atom. The predicted octanol–water partition coefficient (Wildman–Crippen LogP) is 1.33. The second-order valence-corrected chi connectivity index (χ2v) is 3.38. The number of carboxylic acid groups (broad SMARTS) is 1. The molecule has 1 aromatic rings. The molecule has 3 N–H and O–H groups in total. The zero-order valence-corrected chi connectivity index (χ0v) is 10.00. The maximum atomic E-state index is 11.1. The molecule has 18 heavy (non-hydrogen) atoms. The first kappa shape index (κ1) is 16.1. The van der Waals surface area contributed by atoms with Crippen molar-refractivity contribution < 1.29 is 29.9 Å². The number of aliphatic hydroxyl groups excluding tert-OH is 1. The van der Waals surface area contributed by atoms with E-state index in [9.17, 15) is 4.79 Å². The molecule has 0 unspecified atom stereocenters. The molecule has 0 aliphatic carbocycles. The zero-order valence-electron chi connectivity index (χ0n) is 10.00. The number of hydrogen-bond donors (Lipinski definition) is 3. The number of aryl methyl sites for hydroxylation is 1. The largest absolute Gasteiger partial charge is 0.481 e. The summed E-state index contributed by atoms with van der Waals surface area (Å²) >= 11 is 0. The third-order valence-corrected chi connectivity index (χ3v) is 1.92. The molecule has 0 aromatic heterocycles. The molecule has 0 bridgehead atoms. The topological polar surface area (TPSA) is 104 Å². The number of rotatable bonds is 4. The van der Waals surface area contributed by atoms with Crippen LogP contribution in [0.25, 0.3) is 0 Å². The summed E-state index contributed by atoms with van der Waals surface area (Å²) < 4.78 is 0. The van der Waals surface area contributed by atoms with Gasteiger partial charge in [0.25, 0.3) is 5.97 Å². The van der Waals surface area contributed by atoms with Crippen LogP contribution in [-0.2, 0) is 16.1 Å². The Morgan fingerprint density at radius 1 is 1.28 bits per heavy atom. The molecule has 0 fully saturated rings. The van der Waals surface area contributed by atoms with Crippen LogP contribution >= 0.6 is 0 Å². The van der Waals surface area contributed by atoms with Crippen LogP contribution in [-0.4, -0.2) is 34.0 Å². The number of aliphatic carboxylic acids is 1. The summed E-state index contributed by atoms with van der Waals surface area (Å²) in [4.78, 5) is 23.7. The minimum Gasteiger partial charge on any atom is -0.481 e. The molecular formula is C12H16O6. The van der Waals surface area contributed by atoms with Crippen molar-refractivity contribution in [1.82, 2.24) is 0 Å². The Morgan fingerprint density at radius 3 is 2.33 bits per heavy atom. The van der Waals surface area contributed by atoms with Crippen LogP contribution in [0.1, 0.15) is 29.3 Å². The molecule has 0 heterocycles. The van der Waals surface area contributed by atoms with E-state index in [4.69, 9.17) is 20.3 Å². The monoisotopic (exact) mass is 256 g/mol. The Labute approximate surface area is 104 Å². The lowest BCUT2D eigenvalue weighted by Crippen LogP contribution is -2.06. The van der Waals surface area contributed by atoms with Gasteiger partial charge in [-0.15, -0.1) is 0 Å². The van der Waals surface area contributed by atoms with Crippen molar-refractivity contribution in [2.24, 2.45) is 0 Å². The molecule has 0 aliphatic rings. The number of carbonyl (C=O) groups is 2. The summed E-state index contributed by atoms with van der Waals surface area (Å²) in [5, 5.41) is 24.3. The van der Waals surface area contributed by atoms with E-state index in [0.717, 1.165) is 12.5 Å². The summed E-state index contributed by atoms with van der Waals surface area (Å²) in [6.45, 7) is 1.16. The third kappa shape index (κ3) is 6.62. The summed E-state index contributed by atoms with van der Waals surface area (Å²) in [7, 11) is 0. The van der Waals surface area contributed by atoms with Crippen LogP contribution in [0, 0.1) is 0 Å². The average Bonchev–Trinajstić information content (AvgIpc) is 2.35. The lowest BCUT2D eigenvalue weighted by atomic mass is 10.0. The fraction of sp³-hybridized carbons (Fsp3) is 0.333. The van der Waals surface area contributed by atoms with Crippen molar-refractivity contribution in [3.05, 3.63) is 35.4 Å². The van der Waals surface area contributed by atoms with E-state index in [-0.39, 0.29) is 6.61 Å². The molecule has 0 saturated carbocycles. The van der Waals surface area contributed by atoms with Gasteiger partial charge in [0, 0.05) is 13.5 Å². The van der Waals surface area contributed by atoms with E-state index in [1.807, 2.05) is 0 Å². The van der Waals surface area contributed by atoms with E-state index in [0.29, 0.717) is 18.4 Å². The van der Waals surface area contributed by atoms with E-state index >= 15 is 0 Å². The normalized spacial score (nSPS) is 9.06. The van der Waals surface area contributed by atoms with Crippen molar-refractivity contribution in [3.8, 4) is 0 Å². The average molecular weight is 256 g/mol. The van der Waals surface area contributed by atoms with E-state index in [2.05, 4.69) is 4.89 Å². The first-order valence-corrected chi connectivity index (χ1v) is 5.27.